The molecule has 1 aromatic rings. The molecule has 1 aliphatic rings. The second-order valence-corrected chi connectivity index (χ2v) is 5.53. The Kier molecular flexibility index (Phi) is 4.75. The Labute approximate surface area is 102 Å². The summed E-state index contributed by atoms with van der Waals surface area (Å²) >= 11 is 1.82. The predicted molar refractivity (Wildman–Crippen MR) is 68.8 cm³/mol. The first-order valence-corrected chi connectivity index (χ1v) is 7.08. The van der Waals surface area contributed by atoms with E-state index < -0.39 is 0 Å². The van der Waals surface area contributed by atoms with Crippen molar-refractivity contribution in [1.82, 2.24) is 15.6 Å². The number of hydrogen-bond acceptors (Lipinski definition) is 4. The highest BCUT2D eigenvalue weighted by Crippen LogP contribution is 2.18. The van der Waals surface area contributed by atoms with Gasteiger partial charge < -0.3 is 10.6 Å². The van der Waals surface area contributed by atoms with E-state index in [1.54, 1.807) is 0 Å². The average molecular weight is 239 g/mol. The lowest BCUT2D eigenvalue weighted by Gasteiger charge is -2.03. The lowest BCUT2D eigenvalue weighted by Crippen LogP contribution is -2.23. The van der Waals surface area contributed by atoms with Crippen LogP contribution in [0.3, 0.4) is 0 Å². The molecule has 1 heterocycles. The van der Waals surface area contributed by atoms with E-state index in [0.29, 0.717) is 0 Å². The first-order valence-electron chi connectivity index (χ1n) is 6.26. The van der Waals surface area contributed by atoms with Crippen molar-refractivity contribution in [2.75, 3.05) is 13.1 Å². The fourth-order valence-electron chi connectivity index (χ4n) is 1.60. The molecule has 0 amide bonds. The van der Waals surface area contributed by atoms with Crippen molar-refractivity contribution in [2.45, 2.75) is 45.2 Å². The molecule has 0 aromatic carbocycles. The van der Waals surface area contributed by atoms with Gasteiger partial charge in [0.2, 0.25) is 0 Å². The molecule has 0 saturated heterocycles. The third-order valence-electron chi connectivity index (χ3n) is 2.77. The zero-order chi connectivity index (χ0) is 11.2. The minimum absolute atomic E-state index is 0.839. The maximum Gasteiger partial charge on any atom is 0.107 e. The van der Waals surface area contributed by atoms with Crippen LogP contribution in [0.2, 0.25) is 0 Å². The molecule has 4 heteroatoms. The van der Waals surface area contributed by atoms with Gasteiger partial charge in [-0.3, -0.25) is 0 Å². The molecule has 0 radical (unpaired) electrons. The van der Waals surface area contributed by atoms with Crippen LogP contribution in [0.25, 0.3) is 0 Å². The minimum atomic E-state index is 0.839. The smallest absolute Gasteiger partial charge is 0.107 e. The second kappa shape index (κ2) is 6.33. The summed E-state index contributed by atoms with van der Waals surface area (Å²) < 4.78 is 0. The molecule has 0 unspecified atom stereocenters. The first-order chi connectivity index (χ1) is 7.88. The maximum absolute atomic E-state index is 4.38. The van der Waals surface area contributed by atoms with Gasteiger partial charge >= 0.3 is 0 Å². The van der Waals surface area contributed by atoms with Crippen LogP contribution < -0.4 is 10.6 Å². The third-order valence-corrected chi connectivity index (χ3v) is 3.91. The van der Waals surface area contributed by atoms with E-state index in [1.807, 2.05) is 17.5 Å². The van der Waals surface area contributed by atoms with Crippen LogP contribution >= 0.6 is 11.3 Å². The average Bonchev–Trinajstić information content (AvgIpc) is 3.01. The summed E-state index contributed by atoms with van der Waals surface area (Å²) in [7, 11) is 0. The van der Waals surface area contributed by atoms with Gasteiger partial charge in [-0.05, 0) is 38.8 Å². The van der Waals surface area contributed by atoms with Crippen LogP contribution in [0.15, 0.2) is 6.20 Å². The van der Waals surface area contributed by atoms with Crippen molar-refractivity contribution in [1.29, 1.82) is 0 Å². The Morgan fingerprint density at radius 1 is 1.44 bits per heavy atom. The number of nitrogens with one attached hydrogen (secondary N) is 2. The van der Waals surface area contributed by atoms with Crippen molar-refractivity contribution in [3.05, 3.63) is 16.1 Å². The molecule has 2 rings (SSSR count). The minimum Gasteiger partial charge on any atom is -0.314 e. The molecule has 2 N–H and O–H groups in total. The monoisotopic (exact) mass is 239 g/mol. The van der Waals surface area contributed by atoms with Gasteiger partial charge in [0.05, 0.1) is 0 Å². The summed E-state index contributed by atoms with van der Waals surface area (Å²) in [5.74, 6) is 0. The number of nitrogens with zero attached hydrogens (tertiary/aromatic N) is 1. The SMILES string of the molecule is CCc1cnc(CNCCCNC2CC2)s1. The molecular formula is C12H21N3S. The van der Waals surface area contributed by atoms with Gasteiger partial charge in [-0.25, -0.2) is 4.98 Å². The Hall–Kier alpha value is -0.450. The summed E-state index contributed by atoms with van der Waals surface area (Å²) in [5, 5.41) is 8.17. The highest BCUT2D eigenvalue weighted by molar-refractivity contribution is 7.11. The van der Waals surface area contributed by atoms with Crippen molar-refractivity contribution >= 4 is 11.3 Å². The largest absolute Gasteiger partial charge is 0.314 e. The van der Waals surface area contributed by atoms with E-state index in [1.165, 1.54) is 29.1 Å². The second-order valence-electron chi connectivity index (χ2n) is 4.33. The van der Waals surface area contributed by atoms with Crippen LogP contribution in [-0.4, -0.2) is 24.1 Å². The molecule has 0 atom stereocenters. The number of aromatic nitrogens is 1. The lowest BCUT2D eigenvalue weighted by atomic mass is 10.4. The quantitative estimate of drug-likeness (QED) is 0.681. The zero-order valence-corrected chi connectivity index (χ0v) is 10.8. The van der Waals surface area contributed by atoms with Crippen LogP contribution in [0, 0.1) is 0 Å². The van der Waals surface area contributed by atoms with E-state index in [0.717, 1.165) is 32.1 Å². The van der Waals surface area contributed by atoms with Crippen LogP contribution in [0.1, 0.15) is 36.1 Å². The summed E-state index contributed by atoms with van der Waals surface area (Å²) in [6.45, 7) is 5.33. The molecule has 0 spiro atoms. The third kappa shape index (κ3) is 4.20. The zero-order valence-electron chi connectivity index (χ0n) is 9.96. The number of rotatable bonds is 8. The van der Waals surface area contributed by atoms with Gasteiger partial charge in [-0.1, -0.05) is 6.92 Å². The normalized spacial score (nSPS) is 15.6. The highest BCUT2D eigenvalue weighted by atomic mass is 32.1. The molecule has 0 aliphatic heterocycles. The van der Waals surface area contributed by atoms with E-state index in [-0.39, 0.29) is 0 Å². The molecule has 0 bridgehead atoms. The van der Waals surface area contributed by atoms with Gasteiger partial charge in [0, 0.05) is 23.7 Å². The Balaban J connectivity index is 1.49. The van der Waals surface area contributed by atoms with Crippen molar-refractivity contribution in [3.8, 4) is 0 Å². The van der Waals surface area contributed by atoms with E-state index >= 15 is 0 Å². The van der Waals surface area contributed by atoms with E-state index in [4.69, 9.17) is 0 Å². The predicted octanol–water partition coefficient (Wildman–Crippen LogP) is 1.94. The number of thiazole rings is 1. The Morgan fingerprint density at radius 3 is 3.00 bits per heavy atom. The maximum atomic E-state index is 4.38. The van der Waals surface area contributed by atoms with Crippen molar-refractivity contribution in [3.63, 3.8) is 0 Å². The summed E-state index contributed by atoms with van der Waals surface area (Å²) in [4.78, 5) is 5.77. The van der Waals surface area contributed by atoms with Gasteiger partial charge in [0.25, 0.3) is 0 Å². The molecule has 1 aromatic heterocycles. The van der Waals surface area contributed by atoms with Crippen LogP contribution in [-0.2, 0) is 13.0 Å². The molecular weight excluding hydrogens is 218 g/mol. The molecule has 16 heavy (non-hydrogen) atoms. The van der Waals surface area contributed by atoms with Gasteiger partial charge in [-0.2, -0.15) is 0 Å². The van der Waals surface area contributed by atoms with Gasteiger partial charge in [0.15, 0.2) is 0 Å². The number of hydrogen-bond donors (Lipinski definition) is 2. The standard InChI is InChI=1S/C12H21N3S/c1-2-11-8-15-12(16-11)9-13-6-3-7-14-10-4-5-10/h8,10,13-14H,2-7,9H2,1H3. The molecule has 1 aliphatic carbocycles. The van der Waals surface area contributed by atoms with Crippen molar-refractivity contribution in [2.24, 2.45) is 0 Å². The summed E-state index contributed by atoms with van der Waals surface area (Å²) in [5.41, 5.74) is 0. The topological polar surface area (TPSA) is 37.0 Å². The Morgan fingerprint density at radius 2 is 2.31 bits per heavy atom. The van der Waals surface area contributed by atoms with Crippen molar-refractivity contribution < 1.29 is 0 Å². The molecule has 90 valence electrons. The lowest BCUT2D eigenvalue weighted by molar-refractivity contribution is 0.592. The summed E-state index contributed by atoms with van der Waals surface area (Å²) in [6, 6.07) is 0.839. The van der Waals surface area contributed by atoms with Gasteiger partial charge in [-0.15, -0.1) is 11.3 Å². The molecule has 3 nitrogen and oxygen atoms in total. The van der Waals surface area contributed by atoms with E-state index in [9.17, 15) is 0 Å². The van der Waals surface area contributed by atoms with Gasteiger partial charge in [0.1, 0.15) is 5.01 Å². The molecule has 1 fully saturated rings. The fourth-order valence-corrected chi connectivity index (χ4v) is 2.43. The first kappa shape index (κ1) is 12.0. The highest BCUT2D eigenvalue weighted by Gasteiger charge is 2.19. The van der Waals surface area contributed by atoms with Crippen LogP contribution in [0.4, 0.5) is 0 Å². The summed E-state index contributed by atoms with van der Waals surface area (Å²) in [6.07, 6.45) is 7.07. The Bertz CT molecular complexity index is 307. The van der Waals surface area contributed by atoms with Crippen LogP contribution in [0.5, 0.6) is 0 Å². The molecule has 1 saturated carbocycles. The van der Waals surface area contributed by atoms with E-state index in [2.05, 4.69) is 22.5 Å². The number of aryl methyl sites for hydroxylation is 1. The fraction of sp³-hybridized carbons (Fsp3) is 0.750.